The highest BCUT2D eigenvalue weighted by molar-refractivity contribution is 5.74. The van der Waals surface area contributed by atoms with E-state index in [4.69, 9.17) is 5.11 Å². The molecule has 0 radical (unpaired) electrons. The van der Waals surface area contributed by atoms with Crippen molar-refractivity contribution in [3.05, 3.63) is 0 Å². The molecule has 2 amide bonds. The van der Waals surface area contributed by atoms with Gasteiger partial charge in [-0.3, -0.25) is 4.79 Å². The number of amides is 2. The molecule has 0 aliphatic heterocycles. The van der Waals surface area contributed by atoms with E-state index in [9.17, 15) is 9.59 Å². The zero-order valence-electron chi connectivity index (χ0n) is 8.18. The number of hydrogen-bond donors (Lipinski definition) is 3. The second kappa shape index (κ2) is 4.69. The Bertz CT molecular complexity index is 202. The number of urea groups is 1. The largest absolute Gasteiger partial charge is 0.481 e. The van der Waals surface area contributed by atoms with Gasteiger partial charge in [0.15, 0.2) is 0 Å². The highest BCUT2D eigenvalue weighted by Crippen LogP contribution is 2.10. The highest BCUT2D eigenvalue weighted by Gasteiger charge is 2.20. The lowest BCUT2D eigenvalue weighted by molar-refractivity contribution is -0.137. The van der Waals surface area contributed by atoms with Crippen LogP contribution in [0.4, 0.5) is 4.79 Å². The third-order valence-electron chi connectivity index (χ3n) is 1.64. The maximum atomic E-state index is 10.9. The van der Waals surface area contributed by atoms with Gasteiger partial charge in [0.25, 0.3) is 0 Å². The van der Waals surface area contributed by atoms with Crippen LogP contribution in [0, 0.1) is 0 Å². The zero-order chi connectivity index (χ0) is 10.5. The molecule has 0 bridgehead atoms. The average molecular weight is 188 g/mol. The number of hydrogen-bond acceptors (Lipinski definition) is 2. The number of nitrogens with one attached hydrogen (secondary N) is 2. The minimum Gasteiger partial charge on any atom is -0.481 e. The van der Waals surface area contributed by atoms with E-state index in [0.717, 1.165) is 0 Å². The third kappa shape index (κ3) is 5.95. The first-order chi connectivity index (χ1) is 5.87. The van der Waals surface area contributed by atoms with Gasteiger partial charge in [-0.1, -0.05) is 0 Å². The van der Waals surface area contributed by atoms with E-state index < -0.39 is 11.5 Å². The summed E-state index contributed by atoms with van der Waals surface area (Å²) >= 11 is 0. The smallest absolute Gasteiger partial charge is 0.314 e. The van der Waals surface area contributed by atoms with Crippen LogP contribution in [0.1, 0.15) is 26.7 Å². The molecule has 0 saturated heterocycles. The normalized spacial score (nSPS) is 10.7. The Labute approximate surface area is 77.5 Å². The van der Waals surface area contributed by atoms with Crippen LogP contribution in [0.15, 0.2) is 0 Å². The van der Waals surface area contributed by atoms with Crippen molar-refractivity contribution >= 4 is 12.0 Å². The number of aliphatic carboxylic acids is 1. The zero-order valence-corrected chi connectivity index (χ0v) is 8.18. The lowest BCUT2D eigenvalue weighted by atomic mass is 9.99. The Kier molecular flexibility index (Phi) is 4.23. The van der Waals surface area contributed by atoms with Crippen LogP contribution >= 0.6 is 0 Å². The van der Waals surface area contributed by atoms with E-state index in [1.165, 1.54) is 7.05 Å². The Hall–Kier alpha value is -1.26. The van der Waals surface area contributed by atoms with Gasteiger partial charge in [0.05, 0.1) is 0 Å². The van der Waals surface area contributed by atoms with Crippen molar-refractivity contribution in [3.8, 4) is 0 Å². The molecule has 0 aromatic rings. The van der Waals surface area contributed by atoms with Crippen molar-refractivity contribution in [1.29, 1.82) is 0 Å². The summed E-state index contributed by atoms with van der Waals surface area (Å²) in [6.45, 7) is 3.57. The fraction of sp³-hybridized carbons (Fsp3) is 0.750. The molecule has 0 aromatic carbocycles. The first-order valence-corrected chi connectivity index (χ1v) is 4.09. The fourth-order valence-corrected chi connectivity index (χ4v) is 0.852. The number of rotatable bonds is 4. The van der Waals surface area contributed by atoms with Gasteiger partial charge in [-0.2, -0.15) is 0 Å². The van der Waals surface area contributed by atoms with E-state index in [1.807, 2.05) is 0 Å². The second-order valence-corrected chi connectivity index (χ2v) is 3.48. The molecule has 0 saturated carbocycles. The predicted octanol–water partition coefficient (Wildman–Crippen LogP) is 0.559. The summed E-state index contributed by atoms with van der Waals surface area (Å²) in [4.78, 5) is 21.2. The lowest BCUT2D eigenvalue weighted by Crippen LogP contribution is -2.47. The summed E-state index contributed by atoms with van der Waals surface area (Å²) in [5.41, 5.74) is -0.488. The van der Waals surface area contributed by atoms with Gasteiger partial charge in [0.1, 0.15) is 0 Å². The molecule has 76 valence electrons. The summed E-state index contributed by atoms with van der Waals surface area (Å²) in [5.74, 6) is -0.855. The minimum atomic E-state index is -0.855. The van der Waals surface area contributed by atoms with Crippen LogP contribution in [0.2, 0.25) is 0 Å². The molecule has 0 aliphatic rings. The van der Waals surface area contributed by atoms with Gasteiger partial charge in [0, 0.05) is 19.0 Å². The van der Waals surface area contributed by atoms with Crippen molar-refractivity contribution in [2.45, 2.75) is 32.2 Å². The van der Waals surface area contributed by atoms with Crippen molar-refractivity contribution in [1.82, 2.24) is 10.6 Å². The molecular formula is C8H16N2O3. The lowest BCUT2D eigenvalue weighted by Gasteiger charge is -2.25. The molecule has 0 rings (SSSR count). The molecule has 0 unspecified atom stereocenters. The van der Waals surface area contributed by atoms with Gasteiger partial charge < -0.3 is 15.7 Å². The van der Waals surface area contributed by atoms with Crippen molar-refractivity contribution in [2.75, 3.05) is 7.05 Å². The first-order valence-electron chi connectivity index (χ1n) is 4.09. The molecule has 0 atom stereocenters. The Morgan fingerprint density at radius 1 is 1.38 bits per heavy atom. The molecular weight excluding hydrogens is 172 g/mol. The summed E-state index contributed by atoms with van der Waals surface area (Å²) in [6, 6.07) is -0.296. The molecule has 5 nitrogen and oxygen atoms in total. The average Bonchev–Trinajstić information content (AvgIpc) is 2.00. The standard InChI is InChI=1S/C8H16N2O3/c1-8(2,5-4-6(11)12)10-7(13)9-3/h4-5H2,1-3H3,(H,11,12)(H2,9,10,13). The Balaban J connectivity index is 3.92. The highest BCUT2D eigenvalue weighted by atomic mass is 16.4. The summed E-state index contributed by atoms with van der Waals surface area (Å²) in [5, 5.41) is 13.5. The Morgan fingerprint density at radius 3 is 2.31 bits per heavy atom. The molecule has 0 heterocycles. The number of carboxylic acid groups (broad SMARTS) is 1. The monoisotopic (exact) mass is 188 g/mol. The first kappa shape index (κ1) is 11.7. The van der Waals surface area contributed by atoms with Crippen LogP contribution in [0.5, 0.6) is 0 Å². The molecule has 0 spiro atoms. The van der Waals surface area contributed by atoms with E-state index in [-0.39, 0.29) is 12.5 Å². The second-order valence-electron chi connectivity index (χ2n) is 3.48. The van der Waals surface area contributed by atoms with E-state index in [0.29, 0.717) is 6.42 Å². The van der Waals surface area contributed by atoms with Gasteiger partial charge >= 0.3 is 12.0 Å². The van der Waals surface area contributed by atoms with Crippen LogP contribution < -0.4 is 10.6 Å². The quantitative estimate of drug-likeness (QED) is 0.603. The van der Waals surface area contributed by atoms with Crippen molar-refractivity contribution < 1.29 is 14.7 Å². The summed E-state index contributed by atoms with van der Waals surface area (Å²) < 4.78 is 0. The fourth-order valence-electron chi connectivity index (χ4n) is 0.852. The summed E-state index contributed by atoms with van der Waals surface area (Å²) in [6.07, 6.45) is 0.465. The van der Waals surface area contributed by atoms with Crippen LogP contribution in [-0.4, -0.2) is 29.7 Å². The van der Waals surface area contributed by atoms with E-state index in [1.54, 1.807) is 13.8 Å². The number of carbonyl (C=O) groups excluding carboxylic acids is 1. The molecule has 0 aromatic heterocycles. The predicted molar refractivity (Wildman–Crippen MR) is 48.5 cm³/mol. The van der Waals surface area contributed by atoms with Crippen LogP contribution in [-0.2, 0) is 4.79 Å². The molecule has 13 heavy (non-hydrogen) atoms. The number of carbonyl (C=O) groups is 2. The molecule has 3 N–H and O–H groups in total. The van der Waals surface area contributed by atoms with Gasteiger partial charge in [-0.05, 0) is 20.3 Å². The topological polar surface area (TPSA) is 78.4 Å². The molecule has 0 aliphatic carbocycles. The van der Waals surface area contributed by atoms with E-state index >= 15 is 0 Å². The van der Waals surface area contributed by atoms with Crippen LogP contribution in [0.3, 0.4) is 0 Å². The van der Waals surface area contributed by atoms with Gasteiger partial charge in [-0.15, -0.1) is 0 Å². The number of carboxylic acids is 1. The molecule has 5 heteroatoms. The molecule has 0 fully saturated rings. The third-order valence-corrected chi connectivity index (χ3v) is 1.64. The maximum absolute atomic E-state index is 10.9. The van der Waals surface area contributed by atoms with Crippen molar-refractivity contribution in [3.63, 3.8) is 0 Å². The van der Waals surface area contributed by atoms with Crippen LogP contribution in [0.25, 0.3) is 0 Å². The maximum Gasteiger partial charge on any atom is 0.314 e. The minimum absolute atomic E-state index is 0.0526. The SMILES string of the molecule is CNC(=O)NC(C)(C)CCC(=O)O. The summed E-state index contributed by atoms with van der Waals surface area (Å²) in [7, 11) is 1.52. The Morgan fingerprint density at radius 2 is 1.92 bits per heavy atom. The van der Waals surface area contributed by atoms with Gasteiger partial charge in [0.2, 0.25) is 0 Å². The van der Waals surface area contributed by atoms with Gasteiger partial charge in [-0.25, -0.2) is 4.79 Å². The van der Waals surface area contributed by atoms with Crippen molar-refractivity contribution in [2.24, 2.45) is 0 Å². The van der Waals surface area contributed by atoms with E-state index in [2.05, 4.69) is 10.6 Å².